The number of carbonyl (C=O) groups excluding carboxylic acids is 1. The maximum Gasteiger partial charge on any atom is 0.416 e. The molecule has 1 aliphatic heterocycles. The molecule has 3 rings (SSSR count). The Labute approximate surface area is 171 Å². The van der Waals surface area contributed by atoms with Crippen molar-refractivity contribution >= 4 is 21.6 Å². The highest BCUT2D eigenvalue weighted by atomic mass is 32.2. The van der Waals surface area contributed by atoms with Gasteiger partial charge in [-0.25, -0.2) is 17.5 Å². The molecule has 1 aliphatic rings. The van der Waals surface area contributed by atoms with E-state index in [1.54, 1.807) is 23.1 Å². The molecule has 1 amide bonds. The molecule has 1 N–H and O–H groups in total. The van der Waals surface area contributed by atoms with Gasteiger partial charge in [0.1, 0.15) is 5.82 Å². The standard InChI is InChI=1S/C19H19F4N3O3S/c20-16-6-1-2-7-17(16)25-8-10-26(11-9-25)18(27)13-24-30(28,29)15-5-3-4-14(12-15)19(21,22)23/h1-7,12,24H,8-11,13H2. The van der Waals surface area contributed by atoms with E-state index in [-0.39, 0.29) is 18.9 Å². The Morgan fingerprint density at radius 3 is 2.30 bits per heavy atom. The molecule has 30 heavy (non-hydrogen) atoms. The maximum absolute atomic E-state index is 13.9. The highest BCUT2D eigenvalue weighted by Gasteiger charge is 2.32. The summed E-state index contributed by atoms with van der Waals surface area (Å²) < 4.78 is 78.8. The lowest BCUT2D eigenvalue weighted by Gasteiger charge is -2.36. The molecule has 2 aromatic rings. The zero-order chi connectivity index (χ0) is 21.9. The molecule has 11 heteroatoms. The maximum atomic E-state index is 13.9. The van der Waals surface area contributed by atoms with E-state index in [9.17, 15) is 30.8 Å². The number of benzene rings is 2. The molecule has 0 aromatic heterocycles. The van der Waals surface area contributed by atoms with E-state index in [1.165, 1.54) is 11.0 Å². The number of alkyl halides is 3. The van der Waals surface area contributed by atoms with Gasteiger partial charge in [0.25, 0.3) is 0 Å². The van der Waals surface area contributed by atoms with Crippen molar-refractivity contribution in [3.8, 4) is 0 Å². The third-order valence-corrected chi connectivity index (χ3v) is 6.11. The van der Waals surface area contributed by atoms with Crippen molar-refractivity contribution in [1.82, 2.24) is 9.62 Å². The van der Waals surface area contributed by atoms with Crippen LogP contribution in [0.3, 0.4) is 0 Å². The lowest BCUT2D eigenvalue weighted by atomic mass is 10.2. The van der Waals surface area contributed by atoms with Crippen LogP contribution in [0.15, 0.2) is 53.4 Å². The average Bonchev–Trinajstić information content (AvgIpc) is 2.72. The van der Waals surface area contributed by atoms with Gasteiger partial charge in [-0.1, -0.05) is 18.2 Å². The SMILES string of the molecule is O=C(CNS(=O)(=O)c1cccc(C(F)(F)F)c1)N1CCN(c2ccccc2F)CC1. The van der Waals surface area contributed by atoms with Gasteiger partial charge in [0.2, 0.25) is 15.9 Å². The summed E-state index contributed by atoms with van der Waals surface area (Å²) in [4.78, 5) is 15.0. The van der Waals surface area contributed by atoms with Crippen molar-refractivity contribution in [2.75, 3.05) is 37.6 Å². The molecule has 1 fully saturated rings. The van der Waals surface area contributed by atoms with Crippen LogP contribution < -0.4 is 9.62 Å². The van der Waals surface area contributed by atoms with Crippen molar-refractivity contribution < 1.29 is 30.8 Å². The molecule has 0 radical (unpaired) electrons. The second kappa shape index (κ2) is 8.60. The number of anilines is 1. The Kier molecular flexibility index (Phi) is 6.32. The summed E-state index contributed by atoms with van der Waals surface area (Å²) in [6.45, 7) is 0.676. The van der Waals surface area contributed by atoms with Gasteiger partial charge in [-0.3, -0.25) is 4.79 Å². The summed E-state index contributed by atoms with van der Waals surface area (Å²) in [5, 5.41) is 0. The molecule has 0 atom stereocenters. The van der Waals surface area contributed by atoms with Gasteiger partial charge >= 0.3 is 6.18 Å². The quantitative estimate of drug-likeness (QED) is 0.718. The third kappa shape index (κ3) is 5.08. The number of piperazine rings is 1. The summed E-state index contributed by atoms with van der Waals surface area (Å²) >= 11 is 0. The van der Waals surface area contributed by atoms with Crippen molar-refractivity contribution in [1.29, 1.82) is 0 Å². The minimum atomic E-state index is -4.68. The summed E-state index contributed by atoms with van der Waals surface area (Å²) in [6.07, 6.45) is -4.68. The molecule has 0 bridgehead atoms. The fraction of sp³-hybridized carbons (Fsp3) is 0.316. The smallest absolute Gasteiger partial charge is 0.366 e. The van der Waals surface area contributed by atoms with E-state index in [0.717, 1.165) is 18.2 Å². The van der Waals surface area contributed by atoms with E-state index in [2.05, 4.69) is 0 Å². The Hall–Kier alpha value is -2.66. The van der Waals surface area contributed by atoms with E-state index >= 15 is 0 Å². The van der Waals surface area contributed by atoms with Crippen molar-refractivity contribution in [3.63, 3.8) is 0 Å². The Bertz CT molecular complexity index is 1020. The van der Waals surface area contributed by atoms with Crippen LogP contribution in [-0.2, 0) is 21.0 Å². The monoisotopic (exact) mass is 445 g/mol. The summed E-state index contributed by atoms with van der Waals surface area (Å²) in [7, 11) is -4.29. The largest absolute Gasteiger partial charge is 0.416 e. The highest BCUT2D eigenvalue weighted by Crippen LogP contribution is 2.30. The zero-order valence-electron chi connectivity index (χ0n) is 15.7. The molecule has 0 spiro atoms. The number of sulfonamides is 1. The number of para-hydroxylation sites is 1. The number of amides is 1. The molecule has 162 valence electrons. The van der Waals surface area contributed by atoms with Gasteiger partial charge in [0.15, 0.2) is 0 Å². The number of carbonyl (C=O) groups is 1. The molecule has 0 aliphatic carbocycles. The first-order valence-corrected chi connectivity index (χ1v) is 10.5. The van der Waals surface area contributed by atoms with Crippen LogP contribution in [-0.4, -0.2) is 51.9 Å². The number of nitrogens with zero attached hydrogens (tertiary/aromatic N) is 2. The van der Waals surface area contributed by atoms with Gasteiger partial charge < -0.3 is 9.80 Å². The molecular formula is C19H19F4N3O3S. The lowest BCUT2D eigenvalue weighted by Crippen LogP contribution is -2.51. The molecule has 0 saturated carbocycles. The van der Waals surface area contributed by atoms with Crippen LogP contribution in [0.4, 0.5) is 23.2 Å². The second-order valence-electron chi connectivity index (χ2n) is 6.67. The topological polar surface area (TPSA) is 69.7 Å². The predicted molar refractivity (Wildman–Crippen MR) is 102 cm³/mol. The van der Waals surface area contributed by atoms with Gasteiger partial charge in [0, 0.05) is 26.2 Å². The molecular weight excluding hydrogens is 426 g/mol. The van der Waals surface area contributed by atoms with E-state index in [0.29, 0.717) is 24.8 Å². The molecule has 1 saturated heterocycles. The highest BCUT2D eigenvalue weighted by molar-refractivity contribution is 7.89. The first-order chi connectivity index (χ1) is 14.1. The molecule has 1 heterocycles. The van der Waals surface area contributed by atoms with Gasteiger partial charge in [0.05, 0.1) is 22.7 Å². The Morgan fingerprint density at radius 1 is 1.00 bits per heavy atom. The number of halogens is 4. The summed E-state index contributed by atoms with van der Waals surface area (Å²) in [6, 6.07) is 9.55. The number of rotatable bonds is 5. The van der Waals surface area contributed by atoms with Crippen LogP contribution in [0.1, 0.15) is 5.56 Å². The predicted octanol–water partition coefficient (Wildman–Crippen LogP) is 2.47. The van der Waals surface area contributed by atoms with E-state index in [4.69, 9.17) is 0 Å². The van der Waals surface area contributed by atoms with Gasteiger partial charge in [-0.15, -0.1) is 0 Å². The van der Waals surface area contributed by atoms with Gasteiger partial charge in [-0.05, 0) is 30.3 Å². The summed E-state index contributed by atoms with van der Waals surface area (Å²) in [5.41, 5.74) is -0.671. The van der Waals surface area contributed by atoms with Gasteiger partial charge in [-0.2, -0.15) is 13.2 Å². The number of nitrogens with one attached hydrogen (secondary N) is 1. The first kappa shape index (κ1) is 22.0. The fourth-order valence-corrected chi connectivity index (χ4v) is 4.12. The van der Waals surface area contributed by atoms with Crippen molar-refractivity contribution in [2.24, 2.45) is 0 Å². The average molecular weight is 445 g/mol. The molecule has 6 nitrogen and oxygen atoms in total. The number of hydrogen-bond acceptors (Lipinski definition) is 4. The number of hydrogen-bond donors (Lipinski definition) is 1. The first-order valence-electron chi connectivity index (χ1n) is 9.02. The molecule has 0 unspecified atom stereocenters. The molecule has 2 aromatic carbocycles. The minimum absolute atomic E-state index is 0.262. The van der Waals surface area contributed by atoms with Crippen LogP contribution in [0.5, 0.6) is 0 Å². The van der Waals surface area contributed by atoms with Crippen molar-refractivity contribution in [2.45, 2.75) is 11.1 Å². The normalized spacial score (nSPS) is 15.3. The van der Waals surface area contributed by atoms with Crippen LogP contribution >= 0.6 is 0 Å². The van der Waals surface area contributed by atoms with E-state index in [1.807, 2.05) is 4.72 Å². The Morgan fingerprint density at radius 2 is 1.67 bits per heavy atom. The van der Waals surface area contributed by atoms with Crippen LogP contribution in [0.25, 0.3) is 0 Å². The van der Waals surface area contributed by atoms with Crippen molar-refractivity contribution in [3.05, 3.63) is 59.9 Å². The Balaban J connectivity index is 1.58. The van der Waals surface area contributed by atoms with Crippen LogP contribution in [0.2, 0.25) is 0 Å². The van der Waals surface area contributed by atoms with Crippen LogP contribution in [0, 0.1) is 5.82 Å². The fourth-order valence-electron chi connectivity index (χ4n) is 3.10. The van der Waals surface area contributed by atoms with E-state index < -0.39 is 39.1 Å². The summed E-state index contributed by atoms with van der Waals surface area (Å²) in [5.74, 6) is -0.884. The minimum Gasteiger partial charge on any atom is -0.366 e. The second-order valence-corrected chi connectivity index (χ2v) is 8.44. The lowest BCUT2D eigenvalue weighted by molar-refractivity contribution is -0.137. The third-order valence-electron chi connectivity index (χ3n) is 4.71. The zero-order valence-corrected chi connectivity index (χ0v) is 16.5.